The quantitative estimate of drug-likeness (QED) is 0.796. The maximum absolute atomic E-state index is 5.97. The van der Waals surface area contributed by atoms with E-state index in [0.717, 1.165) is 29.2 Å². The zero-order chi connectivity index (χ0) is 15.0. The molecule has 0 unspecified atom stereocenters. The summed E-state index contributed by atoms with van der Waals surface area (Å²) in [6.07, 6.45) is 5.32. The molecule has 3 rings (SSSR count). The Morgan fingerprint density at radius 1 is 1.29 bits per heavy atom. The molecule has 0 bridgehead atoms. The SMILES string of the molecule is Cc1nn(C)c(C)c1Cn1cncc1-c1cccnc1N. The van der Waals surface area contributed by atoms with Crippen LogP contribution in [0.5, 0.6) is 0 Å². The zero-order valence-electron chi connectivity index (χ0n) is 12.4. The predicted octanol–water partition coefficient (Wildman–Crippen LogP) is 1.93. The molecule has 6 heteroatoms. The Morgan fingerprint density at radius 3 is 2.76 bits per heavy atom. The van der Waals surface area contributed by atoms with Crippen LogP contribution in [0.4, 0.5) is 5.82 Å². The molecule has 21 heavy (non-hydrogen) atoms. The second-order valence-corrected chi connectivity index (χ2v) is 5.12. The van der Waals surface area contributed by atoms with Crippen molar-refractivity contribution in [2.24, 2.45) is 7.05 Å². The lowest BCUT2D eigenvalue weighted by molar-refractivity contribution is 0.727. The number of nitrogen functional groups attached to an aromatic ring is 1. The molecule has 0 aliphatic rings. The Kier molecular flexibility index (Phi) is 3.21. The summed E-state index contributed by atoms with van der Waals surface area (Å²) < 4.78 is 3.98. The minimum absolute atomic E-state index is 0.513. The van der Waals surface area contributed by atoms with Gasteiger partial charge in [-0.05, 0) is 26.0 Å². The molecule has 0 radical (unpaired) electrons. The molecule has 2 N–H and O–H groups in total. The molecule has 108 valence electrons. The summed E-state index contributed by atoms with van der Waals surface area (Å²) in [7, 11) is 1.96. The number of rotatable bonds is 3. The maximum Gasteiger partial charge on any atom is 0.132 e. The highest BCUT2D eigenvalue weighted by molar-refractivity contribution is 5.70. The van der Waals surface area contributed by atoms with Gasteiger partial charge in [0.1, 0.15) is 5.82 Å². The maximum atomic E-state index is 5.97. The molecule has 3 aromatic heterocycles. The molecule has 0 aliphatic heterocycles. The van der Waals surface area contributed by atoms with Crippen LogP contribution >= 0.6 is 0 Å². The van der Waals surface area contributed by atoms with Gasteiger partial charge >= 0.3 is 0 Å². The average Bonchev–Trinajstić information content (AvgIpc) is 3.00. The van der Waals surface area contributed by atoms with E-state index in [4.69, 9.17) is 5.73 Å². The Morgan fingerprint density at radius 2 is 2.10 bits per heavy atom. The van der Waals surface area contributed by atoms with E-state index >= 15 is 0 Å². The van der Waals surface area contributed by atoms with Gasteiger partial charge in [-0.3, -0.25) is 4.68 Å². The first-order valence-electron chi connectivity index (χ1n) is 6.78. The van der Waals surface area contributed by atoms with Crippen molar-refractivity contribution in [3.8, 4) is 11.3 Å². The van der Waals surface area contributed by atoms with Gasteiger partial charge in [-0.15, -0.1) is 0 Å². The van der Waals surface area contributed by atoms with Crippen LogP contribution in [0.3, 0.4) is 0 Å². The van der Waals surface area contributed by atoms with Gasteiger partial charge in [0, 0.05) is 30.1 Å². The average molecular weight is 282 g/mol. The van der Waals surface area contributed by atoms with E-state index < -0.39 is 0 Å². The molecule has 0 saturated heterocycles. The summed E-state index contributed by atoms with van der Waals surface area (Å²) in [6.45, 7) is 4.82. The third kappa shape index (κ3) is 2.29. The van der Waals surface area contributed by atoms with Gasteiger partial charge < -0.3 is 10.3 Å². The fourth-order valence-electron chi connectivity index (χ4n) is 2.52. The Balaban J connectivity index is 2.02. The molecule has 0 fully saturated rings. The number of imidazole rings is 1. The number of aromatic nitrogens is 5. The first-order chi connectivity index (χ1) is 10.1. The summed E-state index contributed by atoms with van der Waals surface area (Å²) in [6, 6.07) is 3.84. The summed E-state index contributed by atoms with van der Waals surface area (Å²) in [4.78, 5) is 8.40. The van der Waals surface area contributed by atoms with Crippen LogP contribution < -0.4 is 5.73 Å². The minimum Gasteiger partial charge on any atom is -0.383 e. The van der Waals surface area contributed by atoms with Crippen molar-refractivity contribution in [1.82, 2.24) is 24.3 Å². The van der Waals surface area contributed by atoms with Gasteiger partial charge in [-0.25, -0.2) is 9.97 Å². The molecule has 0 aromatic carbocycles. The number of nitrogens with zero attached hydrogens (tertiary/aromatic N) is 5. The van der Waals surface area contributed by atoms with Crippen molar-refractivity contribution < 1.29 is 0 Å². The van der Waals surface area contributed by atoms with Gasteiger partial charge in [0.05, 0.1) is 30.5 Å². The van der Waals surface area contributed by atoms with E-state index in [0.29, 0.717) is 5.82 Å². The zero-order valence-corrected chi connectivity index (χ0v) is 12.4. The van der Waals surface area contributed by atoms with E-state index in [2.05, 4.69) is 26.6 Å². The Bertz CT molecular complexity index is 783. The van der Waals surface area contributed by atoms with Crippen molar-refractivity contribution >= 4 is 5.82 Å². The Labute approximate surface area is 123 Å². The monoisotopic (exact) mass is 282 g/mol. The van der Waals surface area contributed by atoms with Gasteiger partial charge in [0.2, 0.25) is 0 Å². The van der Waals surface area contributed by atoms with Crippen molar-refractivity contribution in [1.29, 1.82) is 0 Å². The number of anilines is 1. The highest BCUT2D eigenvalue weighted by Gasteiger charge is 2.14. The first kappa shape index (κ1) is 13.4. The number of nitrogens with two attached hydrogens (primary N) is 1. The second-order valence-electron chi connectivity index (χ2n) is 5.12. The highest BCUT2D eigenvalue weighted by atomic mass is 15.3. The highest BCUT2D eigenvalue weighted by Crippen LogP contribution is 2.25. The van der Waals surface area contributed by atoms with Crippen LogP contribution in [0.25, 0.3) is 11.3 Å². The van der Waals surface area contributed by atoms with Crippen LogP contribution in [0.1, 0.15) is 17.0 Å². The largest absolute Gasteiger partial charge is 0.383 e. The van der Waals surface area contributed by atoms with Gasteiger partial charge in [-0.1, -0.05) is 0 Å². The topological polar surface area (TPSA) is 74.5 Å². The van der Waals surface area contributed by atoms with Gasteiger partial charge in [-0.2, -0.15) is 5.10 Å². The lowest BCUT2D eigenvalue weighted by Gasteiger charge is -2.10. The number of hydrogen-bond acceptors (Lipinski definition) is 4. The molecular formula is C15H18N6. The summed E-state index contributed by atoms with van der Waals surface area (Å²) in [5.41, 5.74) is 11.2. The Hall–Kier alpha value is -2.63. The van der Waals surface area contributed by atoms with Crippen molar-refractivity contribution in [3.63, 3.8) is 0 Å². The van der Waals surface area contributed by atoms with E-state index in [1.807, 2.05) is 43.3 Å². The predicted molar refractivity (Wildman–Crippen MR) is 81.7 cm³/mol. The standard InChI is InChI=1S/C15H18N6/c1-10-13(11(2)20(3)19-10)8-21-9-17-7-14(21)12-5-4-6-18-15(12)16/h4-7,9H,8H2,1-3H3,(H2,16,18). The van der Waals surface area contributed by atoms with E-state index in [9.17, 15) is 0 Å². The summed E-state index contributed by atoms with van der Waals surface area (Å²) >= 11 is 0. The summed E-state index contributed by atoms with van der Waals surface area (Å²) in [5.74, 6) is 0.513. The molecule has 0 aliphatic carbocycles. The number of pyridine rings is 1. The fourth-order valence-corrected chi connectivity index (χ4v) is 2.52. The smallest absolute Gasteiger partial charge is 0.132 e. The first-order valence-corrected chi connectivity index (χ1v) is 6.78. The fraction of sp³-hybridized carbons (Fsp3) is 0.267. The van der Waals surface area contributed by atoms with Crippen LogP contribution in [-0.4, -0.2) is 24.3 Å². The van der Waals surface area contributed by atoms with Crippen molar-refractivity contribution in [2.75, 3.05) is 5.73 Å². The third-order valence-corrected chi connectivity index (χ3v) is 3.81. The van der Waals surface area contributed by atoms with E-state index in [1.165, 1.54) is 5.56 Å². The lowest BCUT2D eigenvalue weighted by atomic mass is 10.1. The number of aryl methyl sites for hydroxylation is 2. The van der Waals surface area contributed by atoms with E-state index in [1.54, 1.807) is 6.20 Å². The molecule has 0 atom stereocenters. The third-order valence-electron chi connectivity index (χ3n) is 3.81. The molecule has 0 saturated carbocycles. The minimum atomic E-state index is 0.513. The van der Waals surface area contributed by atoms with Crippen molar-refractivity contribution in [3.05, 3.63) is 47.8 Å². The molecule has 6 nitrogen and oxygen atoms in total. The van der Waals surface area contributed by atoms with Crippen LogP contribution in [0.2, 0.25) is 0 Å². The normalized spacial score (nSPS) is 11.0. The van der Waals surface area contributed by atoms with Crippen LogP contribution in [-0.2, 0) is 13.6 Å². The summed E-state index contributed by atoms with van der Waals surface area (Å²) in [5, 5.41) is 4.46. The van der Waals surface area contributed by atoms with Crippen LogP contribution in [0.15, 0.2) is 30.9 Å². The van der Waals surface area contributed by atoms with Crippen molar-refractivity contribution in [2.45, 2.75) is 20.4 Å². The van der Waals surface area contributed by atoms with Gasteiger partial charge in [0.15, 0.2) is 0 Å². The van der Waals surface area contributed by atoms with Crippen LogP contribution in [0, 0.1) is 13.8 Å². The van der Waals surface area contributed by atoms with E-state index in [-0.39, 0.29) is 0 Å². The molecular weight excluding hydrogens is 264 g/mol. The molecule has 3 aromatic rings. The molecule has 0 spiro atoms. The molecule has 3 heterocycles. The number of hydrogen-bond donors (Lipinski definition) is 1. The second kappa shape index (κ2) is 5.05. The molecule has 0 amide bonds. The van der Waals surface area contributed by atoms with Gasteiger partial charge in [0.25, 0.3) is 0 Å². The lowest BCUT2D eigenvalue weighted by Crippen LogP contribution is -2.04.